The molecule has 1 aromatic rings. The summed E-state index contributed by atoms with van der Waals surface area (Å²) in [7, 11) is 1.79. The van der Waals surface area contributed by atoms with E-state index in [1.54, 1.807) is 30.3 Å². The molecule has 2 unspecified atom stereocenters. The van der Waals surface area contributed by atoms with E-state index in [1.165, 1.54) is 12.8 Å². The molecule has 0 aromatic carbocycles. The molecule has 0 radical (unpaired) electrons. The van der Waals surface area contributed by atoms with Crippen LogP contribution in [0.3, 0.4) is 0 Å². The second-order valence-corrected chi connectivity index (χ2v) is 6.94. The molecule has 1 heterocycles. The minimum atomic E-state index is -0.282. The van der Waals surface area contributed by atoms with E-state index in [1.807, 2.05) is 0 Å². The molecular weight excluding hydrogens is 292 g/mol. The average Bonchev–Trinajstić information content (AvgIpc) is 3.39. The zero-order chi connectivity index (χ0) is 16.2. The predicted molar refractivity (Wildman–Crippen MR) is 87.4 cm³/mol. The smallest absolute Gasteiger partial charge is 0.255 e. The first kappa shape index (κ1) is 16.2. The number of hydrogen-bond donors (Lipinski definition) is 1. The maximum absolute atomic E-state index is 12.5. The van der Waals surface area contributed by atoms with Crippen LogP contribution in [-0.4, -0.2) is 47.2 Å². The van der Waals surface area contributed by atoms with E-state index in [9.17, 15) is 9.90 Å². The number of nitrogens with zero attached hydrogens (tertiary/aromatic N) is 2. The molecule has 3 rings (SSSR count). The van der Waals surface area contributed by atoms with Crippen LogP contribution in [-0.2, 0) is 0 Å². The van der Waals surface area contributed by atoms with E-state index in [4.69, 9.17) is 4.74 Å². The van der Waals surface area contributed by atoms with Gasteiger partial charge in [0.05, 0.1) is 18.3 Å². The fourth-order valence-electron chi connectivity index (χ4n) is 3.14. The lowest BCUT2D eigenvalue weighted by molar-refractivity contribution is 0.0451. The highest BCUT2D eigenvalue weighted by Crippen LogP contribution is 2.29. The summed E-state index contributed by atoms with van der Waals surface area (Å²) in [5, 5.41) is 10.0. The van der Waals surface area contributed by atoms with Crippen LogP contribution >= 0.6 is 0 Å². The maximum Gasteiger partial charge on any atom is 0.255 e. The summed E-state index contributed by atoms with van der Waals surface area (Å²) >= 11 is 0. The van der Waals surface area contributed by atoms with Crippen molar-refractivity contribution in [1.29, 1.82) is 0 Å². The third-order valence-electron chi connectivity index (χ3n) is 4.87. The van der Waals surface area contributed by atoms with E-state index in [2.05, 4.69) is 4.98 Å². The molecule has 2 saturated carbocycles. The van der Waals surface area contributed by atoms with Gasteiger partial charge in [-0.05, 0) is 37.7 Å². The summed E-state index contributed by atoms with van der Waals surface area (Å²) in [4.78, 5) is 18.4. The lowest BCUT2D eigenvalue weighted by Crippen LogP contribution is -2.38. The Bertz CT molecular complexity index is 528. The van der Waals surface area contributed by atoms with Crippen LogP contribution in [0.1, 0.15) is 48.9 Å². The standard InChI is InChI=1S/C18H26N2O3/c1-20(11-15-4-2-3-5-16(15)21)18(22)14-8-9-17(19-10-14)23-12-13-6-7-13/h8-10,13,15-16,21H,2-7,11-12H2,1H3. The Hall–Kier alpha value is -1.62. The highest BCUT2D eigenvalue weighted by molar-refractivity contribution is 5.93. The largest absolute Gasteiger partial charge is 0.477 e. The van der Waals surface area contributed by atoms with Gasteiger partial charge in [-0.1, -0.05) is 12.8 Å². The van der Waals surface area contributed by atoms with Crippen molar-refractivity contribution in [3.05, 3.63) is 23.9 Å². The molecule has 2 aliphatic rings. The van der Waals surface area contributed by atoms with Gasteiger partial charge >= 0.3 is 0 Å². The number of aromatic nitrogens is 1. The fourth-order valence-corrected chi connectivity index (χ4v) is 3.14. The normalized spacial score (nSPS) is 24.3. The summed E-state index contributed by atoms with van der Waals surface area (Å²) in [6.45, 7) is 1.32. The quantitative estimate of drug-likeness (QED) is 0.875. The fraction of sp³-hybridized carbons (Fsp3) is 0.667. The molecule has 5 heteroatoms. The first-order valence-electron chi connectivity index (χ1n) is 8.66. The summed E-state index contributed by atoms with van der Waals surface area (Å²) in [5.74, 6) is 1.40. The number of hydrogen-bond acceptors (Lipinski definition) is 4. The van der Waals surface area contributed by atoms with Gasteiger partial charge in [0.25, 0.3) is 5.91 Å². The first-order valence-corrected chi connectivity index (χ1v) is 8.66. The van der Waals surface area contributed by atoms with Crippen molar-refractivity contribution in [1.82, 2.24) is 9.88 Å². The van der Waals surface area contributed by atoms with Crippen molar-refractivity contribution >= 4 is 5.91 Å². The van der Waals surface area contributed by atoms with Crippen molar-refractivity contribution in [3.8, 4) is 5.88 Å². The Balaban J connectivity index is 1.53. The van der Waals surface area contributed by atoms with Gasteiger partial charge in [0.2, 0.25) is 5.88 Å². The van der Waals surface area contributed by atoms with Crippen LogP contribution in [0.5, 0.6) is 5.88 Å². The van der Waals surface area contributed by atoms with Gasteiger partial charge in [-0.3, -0.25) is 4.79 Å². The number of carbonyl (C=O) groups excluding carboxylic acids is 1. The minimum Gasteiger partial charge on any atom is -0.477 e. The van der Waals surface area contributed by atoms with E-state index in [0.717, 1.165) is 32.3 Å². The van der Waals surface area contributed by atoms with Crippen molar-refractivity contribution in [3.63, 3.8) is 0 Å². The van der Waals surface area contributed by atoms with Crippen LogP contribution in [0, 0.1) is 11.8 Å². The molecule has 1 amide bonds. The van der Waals surface area contributed by atoms with E-state index in [-0.39, 0.29) is 17.9 Å². The van der Waals surface area contributed by atoms with Gasteiger partial charge in [0.1, 0.15) is 0 Å². The molecule has 2 fully saturated rings. The van der Waals surface area contributed by atoms with Gasteiger partial charge < -0.3 is 14.7 Å². The van der Waals surface area contributed by atoms with Gasteiger partial charge in [-0.15, -0.1) is 0 Å². The van der Waals surface area contributed by atoms with E-state index >= 15 is 0 Å². The molecule has 0 saturated heterocycles. The number of pyridine rings is 1. The number of rotatable bonds is 6. The van der Waals surface area contributed by atoms with Crippen molar-refractivity contribution in [2.75, 3.05) is 20.2 Å². The molecule has 2 atom stereocenters. The average molecular weight is 318 g/mol. The van der Waals surface area contributed by atoms with Crippen molar-refractivity contribution in [2.45, 2.75) is 44.6 Å². The molecule has 23 heavy (non-hydrogen) atoms. The van der Waals surface area contributed by atoms with Gasteiger partial charge in [0.15, 0.2) is 0 Å². The second-order valence-electron chi connectivity index (χ2n) is 6.94. The Kier molecular flexibility index (Phi) is 5.16. The number of aliphatic hydroxyl groups excluding tert-OH is 1. The van der Waals surface area contributed by atoms with Crippen molar-refractivity contribution in [2.24, 2.45) is 11.8 Å². The second kappa shape index (κ2) is 7.30. The summed E-state index contributed by atoms with van der Waals surface area (Å²) in [6.07, 6.45) is 7.85. The van der Waals surface area contributed by atoms with Crippen LogP contribution < -0.4 is 4.74 Å². The van der Waals surface area contributed by atoms with Crippen LogP contribution in [0.25, 0.3) is 0 Å². The highest BCUT2D eigenvalue weighted by atomic mass is 16.5. The van der Waals surface area contributed by atoms with Crippen molar-refractivity contribution < 1.29 is 14.6 Å². The molecular formula is C18H26N2O3. The van der Waals surface area contributed by atoms with Crippen LogP contribution in [0.2, 0.25) is 0 Å². The molecule has 126 valence electrons. The predicted octanol–water partition coefficient (Wildman–Crippen LogP) is 2.49. The highest BCUT2D eigenvalue weighted by Gasteiger charge is 2.26. The van der Waals surface area contributed by atoms with E-state index < -0.39 is 0 Å². The zero-order valence-corrected chi connectivity index (χ0v) is 13.8. The monoisotopic (exact) mass is 318 g/mol. The lowest BCUT2D eigenvalue weighted by atomic mass is 9.86. The number of carbonyl (C=O) groups is 1. The summed E-state index contributed by atoms with van der Waals surface area (Å²) in [5.41, 5.74) is 0.566. The Labute approximate surface area is 137 Å². The molecule has 0 aliphatic heterocycles. The Morgan fingerprint density at radius 3 is 2.74 bits per heavy atom. The SMILES string of the molecule is CN(CC1CCCCC1O)C(=O)c1ccc(OCC2CC2)nc1. The minimum absolute atomic E-state index is 0.0518. The summed E-state index contributed by atoms with van der Waals surface area (Å²) in [6, 6.07) is 3.53. The maximum atomic E-state index is 12.5. The third-order valence-corrected chi connectivity index (χ3v) is 4.87. The number of ether oxygens (including phenoxy) is 1. The zero-order valence-electron chi connectivity index (χ0n) is 13.8. The van der Waals surface area contributed by atoms with Gasteiger partial charge in [-0.25, -0.2) is 4.98 Å². The third kappa shape index (κ3) is 4.44. The number of aliphatic hydroxyl groups is 1. The topological polar surface area (TPSA) is 62.7 Å². The molecule has 5 nitrogen and oxygen atoms in total. The molecule has 2 aliphatic carbocycles. The van der Waals surface area contributed by atoms with Crippen LogP contribution in [0.15, 0.2) is 18.3 Å². The Morgan fingerprint density at radius 2 is 2.09 bits per heavy atom. The molecule has 0 bridgehead atoms. The Morgan fingerprint density at radius 1 is 1.30 bits per heavy atom. The van der Waals surface area contributed by atoms with E-state index in [0.29, 0.717) is 23.9 Å². The summed E-state index contributed by atoms with van der Waals surface area (Å²) < 4.78 is 5.59. The van der Waals surface area contributed by atoms with Gasteiger partial charge in [0, 0.05) is 31.8 Å². The molecule has 1 N–H and O–H groups in total. The van der Waals surface area contributed by atoms with Gasteiger partial charge in [-0.2, -0.15) is 0 Å². The number of amides is 1. The first-order chi connectivity index (χ1) is 11.1. The molecule has 0 spiro atoms. The molecule has 1 aromatic heterocycles. The van der Waals surface area contributed by atoms with Crippen LogP contribution in [0.4, 0.5) is 0 Å². The lowest BCUT2D eigenvalue weighted by Gasteiger charge is -2.31.